The molecule has 0 atom stereocenters. The maximum atomic E-state index is 13.4. The van der Waals surface area contributed by atoms with Crippen LogP contribution >= 0.6 is 23.2 Å². The minimum atomic E-state index is -4.91. The van der Waals surface area contributed by atoms with Gasteiger partial charge in [-0.25, -0.2) is 17.6 Å². The second-order valence-electron chi connectivity index (χ2n) is 4.86. The van der Waals surface area contributed by atoms with Crippen molar-refractivity contribution < 1.29 is 35.9 Å². The van der Waals surface area contributed by atoms with Crippen LogP contribution in [0.2, 0.25) is 10.0 Å². The van der Waals surface area contributed by atoms with E-state index >= 15 is 0 Å². The van der Waals surface area contributed by atoms with Gasteiger partial charge in [-0.1, -0.05) is 23.2 Å². The Kier molecular flexibility index (Phi) is 5.41. The van der Waals surface area contributed by atoms with E-state index in [1.54, 1.807) is 4.72 Å². The molecule has 0 saturated heterocycles. The molecule has 0 aliphatic carbocycles. The fourth-order valence-electron chi connectivity index (χ4n) is 1.90. The van der Waals surface area contributed by atoms with Gasteiger partial charge in [0.1, 0.15) is 5.82 Å². The Morgan fingerprint density at radius 1 is 1.08 bits per heavy atom. The van der Waals surface area contributed by atoms with Crippen LogP contribution < -0.4 is 4.72 Å². The van der Waals surface area contributed by atoms with E-state index in [-0.39, 0.29) is 6.07 Å². The van der Waals surface area contributed by atoms with Crippen molar-refractivity contribution in [3.63, 3.8) is 0 Å². The molecule has 0 amide bonds. The predicted molar refractivity (Wildman–Crippen MR) is 85.6 cm³/mol. The van der Waals surface area contributed by atoms with Gasteiger partial charge in [0, 0.05) is 0 Å². The van der Waals surface area contributed by atoms with Gasteiger partial charge in [0.25, 0.3) is 10.0 Å². The number of hydrogen-bond donors (Lipinski definition) is 2. The summed E-state index contributed by atoms with van der Waals surface area (Å²) in [5, 5.41) is 7.73. The lowest BCUT2D eigenvalue weighted by Gasteiger charge is -2.14. The van der Waals surface area contributed by atoms with E-state index in [1.807, 2.05) is 0 Å². The van der Waals surface area contributed by atoms with Crippen molar-refractivity contribution in [3.05, 3.63) is 57.3 Å². The summed E-state index contributed by atoms with van der Waals surface area (Å²) >= 11 is 10.9. The number of rotatable bonds is 4. The first-order chi connectivity index (χ1) is 11.8. The molecule has 0 aromatic heterocycles. The van der Waals surface area contributed by atoms with Crippen LogP contribution in [0, 0.1) is 5.82 Å². The van der Waals surface area contributed by atoms with Crippen LogP contribution in [0.1, 0.15) is 15.9 Å². The van der Waals surface area contributed by atoms with Crippen molar-refractivity contribution in [3.8, 4) is 0 Å². The zero-order valence-electron chi connectivity index (χ0n) is 12.2. The number of nitrogens with one attached hydrogen (secondary N) is 1. The van der Waals surface area contributed by atoms with Gasteiger partial charge in [-0.3, -0.25) is 4.72 Å². The van der Waals surface area contributed by atoms with Gasteiger partial charge in [0.05, 0.1) is 31.8 Å². The lowest BCUT2D eigenvalue weighted by molar-refractivity contribution is -0.137. The fourth-order valence-corrected chi connectivity index (χ4v) is 3.39. The molecule has 12 heteroatoms. The molecule has 2 aromatic rings. The van der Waals surface area contributed by atoms with E-state index in [1.165, 1.54) is 0 Å². The summed E-state index contributed by atoms with van der Waals surface area (Å²) < 4.78 is 78.4. The van der Waals surface area contributed by atoms with Gasteiger partial charge in [0.15, 0.2) is 0 Å². The molecule has 0 unspecified atom stereocenters. The Bertz CT molecular complexity index is 993. The average molecular weight is 432 g/mol. The molecule has 0 fully saturated rings. The number of hydrogen-bond acceptors (Lipinski definition) is 3. The summed E-state index contributed by atoms with van der Waals surface area (Å²) in [4.78, 5) is 10.3. The quantitative estimate of drug-likeness (QED) is 0.690. The van der Waals surface area contributed by atoms with E-state index in [0.29, 0.717) is 12.1 Å². The molecule has 0 aliphatic rings. The molecule has 0 radical (unpaired) electrons. The first-order valence-corrected chi connectivity index (χ1v) is 8.69. The number of carbonyl (C=O) groups is 1. The van der Waals surface area contributed by atoms with E-state index in [2.05, 4.69) is 0 Å². The van der Waals surface area contributed by atoms with Gasteiger partial charge >= 0.3 is 12.1 Å². The van der Waals surface area contributed by atoms with Crippen LogP contribution in [0.5, 0.6) is 0 Å². The van der Waals surface area contributed by atoms with Crippen molar-refractivity contribution in [1.29, 1.82) is 0 Å². The van der Waals surface area contributed by atoms with Crippen LogP contribution in [-0.2, 0) is 16.2 Å². The lowest BCUT2D eigenvalue weighted by atomic mass is 10.2. The third-order valence-electron chi connectivity index (χ3n) is 3.09. The Balaban J connectivity index is 2.54. The number of sulfonamides is 1. The number of anilines is 1. The summed E-state index contributed by atoms with van der Waals surface area (Å²) in [7, 11) is -4.65. The average Bonchev–Trinajstić information content (AvgIpc) is 2.49. The minimum Gasteiger partial charge on any atom is -0.478 e. The Morgan fingerprint density at radius 3 is 2.23 bits per heavy atom. The number of carboxylic acid groups (broad SMARTS) is 1. The smallest absolute Gasteiger partial charge is 0.417 e. The van der Waals surface area contributed by atoms with E-state index < -0.39 is 59.7 Å². The highest BCUT2D eigenvalue weighted by Gasteiger charge is 2.34. The van der Waals surface area contributed by atoms with Crippen molar-refractivity contribution in [1.82, 2.24) is 0 Å². The summed E-state index contributed by atoms with van der Waals surface area (Å²) in [5.74, 6) is -2.79. The van der Waals surface area contributed by atoms with Crippen LogP contribution in [0.3, 0.4) is 0 Å². The summed E-state index contributed by atoms with van der Waals surface area (Å²) in [6, 6.07) is 2.99. The van der Waals surface area contributed by atoms with Crippen molar-refractivity contribution in [2.45, 2.75) is 11.1 Å². The van der Waals surface area contributed by atoms with Crippen molar-refractivity contribution >= 4 is 44.9 Å². The molecule has 2 N–H and O–H groups in total. The summed E-state index contributed by atoms with van der Waals surface area (Å²) in [6.45, 7) is 0. The number of aromatic carboxylic acids is 1. The third kappa shape index (κ3) is 4.19. The molecule has 2 aromatic carbocycles. The number of alkyl halides is 3. The first-order valence-electron chi connectivity index (χ1n) is 6.45. The Hall–Kier alpha value is -2.04. The van der Waals surface area contributed by atoms with Crippen LogP contribution in [0.4, 0.5) is 23.2 Å². The highest BCUT2D eigenvalue weighted by atomic mass is 35.5. The monoisotopic (exact) mass is 431 g/mol. The second-order valence-corrected chi connectivity index (χ2v) is 7.36. The van der Waals surface area contributed by atoms with E-state index in [4.69, 9.17) is 28.3 Å². The van der Waals surface area contributed by atoms with Gasteiger partial charge in [-0.05, 0) is 30.3 Å². The number of carboxylic acids is 1. The second kappa shape index (κ2) is 6.93. The molecule has 0 heterocycles. The van der Waals surface area contributed by atoms with Gasteiger partial charge in [-0.2, -0.15) is 13.2 Å². The molecule has 26 heavy (non-hydrogen) atoms. The fraction of sp³-hybridized carbons (Fsp3) is 0.0714. The van der Waals surface area contributed by atoms with E-state index in [9.17, 15) is 30.8 Å². The predicted octanol–water partition coefficient (Wildman–Crippen LogP) is 4.65. The van der Waals surface area contributed by atoms with Crippen molar-refractivity contribution in [2.75, 3.05) is 4.72 Å². The zero-order valence-corrected chi connectivity index (χ0v) is 14.6. The largest absolute Gasteiger partial charge is 0.478 e. The third-order valence-corrected chi connectivity index (χ3v) is 5.07. The molecule has 0 spiro atoms. The van der Waals surface area contributed by atoms with Crippen LogP contribution in [0.25, 0.3) is 0 Å². The van der Waals surface area contributed by atoms with Gasteiger partial charge in [-0.15, -0.1) is 0 Å². The maximum Gasteiger partial charge on any atom is 0.417 e. The standard InChI is InChI=1S/C14H7Cl2F4NO4S/c15-9-2-1-6(3-8(9)14(18,19)20)26(24,25)21-12-5-10(16)11(17)4-7(12)13(22)23/h1-5,21H,(H,22,23). The molecular weight excluding hydrogens is 425 g/mol. The normalized spacial score (nSPS) is 12.1. The lowest BCUT2D eigenvalue weighted by Crippen LogP contribution is -2.17. The molecule has 5 nitrogen and oxygen atoms in total. The minimum absolute atomic E-state index is 0.288. The molecule has 0 aliphatic heterocycles. The first kappa shape index (κ1) is 20.3. The number of halogens is 6. The maximum absolute atomic E-state index is 13.4. The van der Waals surface area contributed by atoms with E-state index in [0.717, 1.165) is 12.1 Å². The SMILES string of the molecule is O=C(O)c1cc(F)c(Cl)cc1NS(=O)(=O)c1ccc(Cl)c(C(F)(F)F)c1. The van der Waals surface area contributed by atoms with Gasteiger partial charge in [0.2, 0.25) is 0 Å². The highest BCUT2D eigenvalue weighted by Crippen LogP contribution is 2.36. The van der Waals surface area contributed by atoms with Crippen LogP contribution in [-0.4, -0.2) is 19.5 Å². The molecule has 0 bridgehead atoms. The summed E-state index contributed by atoms with van der Waals surface area (Å²) in [5.41, 5.74) is -2.79. The Morgan fingerprint density at radius 2 is 1.69 bits per heavy atom. The Labute approximate surface area is 154 Å². The molecular formula is C14H7Cl2F4NO4S. The molecule has 140 valence electrons. The van der Waals surface area contributed by atoms with Gasteiger partial charge < -0.3 is 5.11 Å². The molecule has 2 rings (SSSR count). The van der Waals surface area contributed by atoms with Crippen LogP contribution in [0.15, 0.2) is 35.2 Å². The van der Waals surface area contributed by atoms with Crippen molar-refractivity contribution in [2.24, 2.45) is 0 Å². The topological polar surface area (TPSA) is 83.5 Å². The molecule has 0 saturated carbocycles. The highest BCUT2D eigenvalue weighted by molar-refractivity contribution is 7.92. The summed E-state index contributed by atoms with van der Waals surface area (Å²) in [6.07, 6.45) is -4.91. The zero-order chi connectivity index (χ0) is 19.9. The number of benzene rings is 2.